The van der Waals surface area contributed by atoms with E-state index in [2.05, 4.69) is 20.2 Å². The van der Waals surface area contributed by atoms with Crippen LogP contribution in [0.5, 0.6) is 0 Å². The molecule has 0 fully saturated rings. The van der Waals surface area contributed by atoms with Gasteiger partial charge in [0.15, 0.2) is 0 Å². The molecule has 0 aliphatic carbocycles. The van der Waals surface area contributed by atoms with Crippen molar-refractivity contribution in [1.82, 2.24) is 29.5 Å². The SMILES string of the molecule is O.O.O=P(O)(O)OC(Cn1cncn1)(Cn1cncn1)c1ccc(F)cc1F.[Na].[Na]. The summed E-state index contributed by atoms with van der Waals surface area (Å²) >= 11 is 0. The first-order chi connectivity index (χ1) is 12.3. The van der Waals surface area contributed by atoms with E-state index in [-0.39, 0.29) is 88.7 Å². The van der Waals surface area contributed by atoms with E-state index >= 15 is 0 Å². The Morgan fingerprint density at radius 2 is 1.50 bits per heavy atom. The molecule has 0 saturated heterocycles. The summed E-state index contributed by atoms with van der Waals surface area (Å²) in [7, 11) is -5.10. The Kier molecular flexibility index (Phi) is 13.7. The van der Waals surface area contributed by atoms with Crippen LogP contribution in [0.4, 0.5) is 8.78 Å². The third kappa shape index (κ3) is 8.15. The van der Waals surface area contributed by atoms with Crippen molar-refractivity contribution in [1.29, 1.82) is 0 Å². The van der Waals surface area contributed by atoms with E-state index in [1.807, 2.05) is 0 Å². The molecule has 0 saturated carbocycles. The fourth-order valence-electron chi connectivity index (χ4n) is 2.57. The molecule has 1 aromatic carbocycles. The molecule has 0 unspecified atom stereocenters. The van der Waals surface area contributed by atoms with Crippen LogP contribution in [0.25, 0.3) is 0 Å². The summed E-state index contributed by atoms with van der Waals surface area (Å²) in [5, 5.41) is 7.73. The molecule has 156 valence electrons. The third-order valence-corrected chi connectivity index (χ3v) is 4.07. The van der Waals surface area contributed by atoms with Crippen molar-refractivity contribution >= 4 is 66.9 Å². The van der Waals surface area contributed by atoms with Gasteiger partial charge in [-0.05, 0) is 6.07 Å². The number of rotatable bonds is 7. The number of benzene rings is 1. The van der Waals surface area contributed by atoms with Crippen LogP contribution in [0.15, 0.2) is 43.5 Å². The van der Waals surface area contributed by atoms with Gasteiger partial charge in [0.25, 0.3) is 0 Å². The van der Waals surface area contributed by atoms with Crippen LogP contribution in [0.2, 0.25) is 0 Å². The molecule has 12 nitrogen and oxygen atoms in total. The average Bonchev–Trinajstić information content (AvgIpc) is 3.19. The zero-order chi connectivity index (χ0) is 18.8. The fraction of sp³-hybridized carbons (Fsp3) is 0.231. The number of phosphoric acid groups is 1. The van der Waals surface area contributed by atoms with Crippen molar-refractivity contribution < 1.29 is 38.6 Å². The molecule has 3 rings (SSSR count). The molecular weight excluding hydrogens is 451 g/mol. The van der Waals surface area contributed by atoms with Gasteiger partial charge in [-0.2, -0.15) is 10.2 Å². The van der Waals surface area contributed by atoms with Gasteiger partial charge in [-0.25, -0.2) is 32.7 Å². The molecule has 2 radical (unpaired) electrons. The van der Waals surface area contributed by atoms with Crippen LogP contribution < -0.4 is 0 Å². The van der Waals surface area contributed by atoms with Crippen molar-refractivity contribution in [3.63, 3.8) is 0 Å². The number of hydrogen-bond donors (Lipinski definition) is 2. The number of nitrogens with zero attached hydrogens (tertiary/aromatic N) is 6. The minimum atomic E-state index is -5.10. The number of phosphoric ester groups is 1. The summed E-state index contributed by atoms with van der Waals surface area (Å²) in [5.74, 6) is -1.89. The minimum absolute atomic E-state index is 0. The van der Waals surface area contributed by atoms with Crippen LogP contribution in [0.3, 0.4) is 0 Å². The molecule has 6 N–H and O–H groups in total. The van der Waals surface area contributed by atoms with Gasteiger partial charge < -0.3 is 20.7 Å². The smallest absolute Gasteiger partial charge is 0.412 e. The minimum Gasteiger partial charge on any atom is -0.412 e. The van der Waals surface area contributed by atoms with E-state index in [1.165, 1.54) is 34.7 Å². The van der Waals surface area contributed by atoms with E-state index in [0.29, 0.717) is 6.07 Å². The molecule has 3 aromatic rings. The maximum absolute atomic E-state index is 14.5. The molecule has 0 bridgehead atoms. The van der Waals surface area contributed by atoms with Gasteiger partial charge in [0, 0.05) is 70.7 Å². The van der Waals surface area contributed by atoms with E-state index in [1.54, 1.807) is 0 Å². The zero-order valence-electron chi connectivity index (χ0n) is 16.1. The number of halogens is 2. The van der Waals surface area contributed by atoms with Crippen molar-refractivity contribution in [2.45, 2.75) is 18.7 Å². The second-order valence-corrected chi connectivity index (χ2v) is 6.55. The van der Waals surface area contributed by atoms with Crippen molar-refractivity contribution in [2.75, 3.05) is 0 Å². The van der Waals surface area contributed by atoms with Crippen LogP contribution in [-0.2, 0) is 27.8 Å². The van der Waals surface area contributed by atoms with Crippen LogP contribution >= 0.6 is 7.82 Å². The Morgan fingerprint density at radius 1 is 1.00 bits per heavy atom. The summed E-state index contributed by atoms with van der Waals surface area (Å²) in [6.45, 7) is -0.666. The molecule has 0 amide bonds. The van der Waals surface area contributed by atoms with Gasteiger partial charge in [0.05, 0.1) is 13.1 Å². The number of hydrogen-bond acceptors (Lipinski definition) is 6. The van der Waals surface area contributed by atoms with Crippen molar-refractivity contribution in [2.24, 2.45) is 0 Å². The van der Waals surface area contributed by atoms with Crippen molar-refractivity contribution in [3.8, 4) is 0 Å². The maximum atomic E-state index is 14.5. The predicted octanol–water partition coefficient (Wildman–Crippen LogP) is -1.56. The molecule has 30 heavy (non-hydrogen) atoms. The van der Waals surface area contributed by atoms with E-state index in [9.17, 15) is 23.1 Å². The Morgan fingerprint density at radius 3 is 1.87 bits per heavy atom. The molecule has 2 heterocycles. The average molecular weight is 468 g/mol. The largest absolute Gasteiger partial charge is 0.470 e. The predicted molar refractivity (Wildman–Crippen MR) is 99.9 cm³/mol. The number of aromatic nitrogens is 6. The fourth-order valence-corrected chi connectivity index (χ4v) is 3.24. The summed E-state index contributed by atoms with van der Waals surface area (Å²) in [6.07, 6.45) is 4.92. The Labute approximate surface area is 213 Å². The van der Waals surface area contributed by atoms with Crippen molar-refractivity contribution in [3.05, 3.63) is 60.7 Å². The Bertz CT molecular complexity index is 894. The molecule has 0 aliphatic rings. The summed E-state index contributed by atoms with van der Waals surface area (Å²) in [5.41, 5.74) is -2.26. The molecule has 0 atom stereocenters. The second-order valence-electron chi connectivity index (χ2n) is 5.39. The van der Waals surface area contributed by atoms with Gasteiger partial charge in [0.1, 0.15) is 42.5 Å². The van der Waals surface area contributed by atoms with E-state index < -0.39 is 25.1 Å². The standard InChI is InChI=1S/C13H13F2N6O4P.2Na.2H2O/c14-10-1-2-11(12(15)3-10)13(25-26(22,23)24,4-20-8-16-6-18-20)5-21-9-17-7-19-21;;;;/h1-3,6-9H,4-5H2,(H2,22,23,24);;;2*1H2. The van der Waals surface area contributed by atoms with E-state index in [0.717, 1.165) is 12.1 Å². The van der Waals surface area contributed by atoms with E-state index in [4.69, 9.17) is 4.52 Å². The second kappa shape index (κ2) is 13.1. The topological polar surface area (TPSA) is 191 Å². The maximum Gasteiger partial charge on any atom is 0.470 e. The third-order valence-electron chi connectivity index (χ3n) is 3.48. The Hall–Kier alpha value is -0.610. The molecule has 17 heteroatoms. The quantitative estimate of drug-likeness (QED) is 0.307. The summed E-state index contributed by atoms with van der Waals surface area (Å²) < 4.78 is 46.9. The van der Waals surface area contributed by atoms with Gasteiger partial charge in [-0.15, -0.1) is 0 Å². The molecule has 0 aliphatic heterocycles. The van der Waals surface area contributed by atoms with Crippen LogP contribution in [-0.4, -0.2) is 109 Å². The molecule has 0 spiro atoms. The normalized spacial score (nSPS) is 10.8. The van der Waals surface area contributed by atoms with Gasteiger partial charge in [-0.3, -0.25) is 4.52 Å². The summed E-state index contributed by atoms with van der Waals surface area (Å²) in [4.78, 5) is 26.3. The first kappa shape index (κ1) is 31.6. The first-order valence-electron chi connectivity index (χ1n) is 7.14. The molecule has 2 aromatic heterocycles. The first-order valence-corrected chi connectivity index (χ1v) is 8.67. The zero-order valence-corrected chi connectivity index (χ0v) is 20.9. The molecular formula is C13H17F2N6Na2O6P. The van der Waals surface area contributed by atoms with Gasteiger partial charge >= 0.3 is 7.82 Å². The Balaban J connectivity index is 0. The van der Waals surface area contributed by atoms with Gasteiger partial charge in [0.2, 0.25) is 0 Å². The monoisotopic (exact) mass is 468 g/mol. The van der Waals surface area contributed by atoms with Gasteiger partial charge in [-0.1, -0.05) is 6.07 Å². The summed E-state index contributed by atoms with van der Waals surface area (Å²) in [6, 6.07) is 2.60. The van der Waals surface area contributed by atoms with Crippen LogP contribution in [0.1, 0.15) is 5.56 Å². The van der Waals surface area contributed by atoms with Crippen LogP contribution in [0, 0.1) is 11.6 Å².